The Morgan fingerprint density at radius 1 is 0.946 bits per heavy atom. The van der Waals surface area contributed by atoms with E-state index < -0.39 is 22.5 Å². The molecule has 0 radical (unpaired) electrons. The van der Waals surface area contributed by atoms with Crippen LogP contribution in [0.1, 0.15) is 11.1 Å². The highest BCUT2D eigenvalue weighted by molar-refractivity contribution is 7.92. The number of hydrazone groups is 1. The van der Waals surface area contributed by atoms with Crippen LogP contribution in [0.2, 0.25) is 0 Å². The highest BCUT2D eigenvalue weighted by Gasteiger charge is 2.23. The van der Waals surface area contributed by atoms with Gasteiger partial charge in [0.05, 0.1) is 25.3 Å². The van der Waals surface area contributed by atoms with Crippen LogP contribution in [-0.4, -0.2) is 40.4 Å². The van der Waals surface area contributed by atoms with E-state index in [2.05, 4.69) is 34.8 Å². The molecule has 9 heteroatoms. The van der Waals surface area contributed by atoms with Crippen LogP contribution in [0, 0.1) is 0 Å². The Morgan fingerprint density at radius 3 is 2.38 bits per heavy atom. The maximum absolute atomic E-state index is 12.4. The van der Waals surface area contributed by atoms with Gasteiger partial charge in [0.1, 0.15) is 24.7 Å². The molecule has 0 saturated carbocycles. The van der Waals surface area contributed by atoms with Crippen LogP contribution in [-0.2, 0) is 21.4 Å². The zero-order chi connectivity index (χ0) is 26.3. The lowest BCUT2D eigenvalue weighted by Crippen LogP contribution is -2.39. The molecular formula is C28H27N3O5S. The van der Waals surface area contributed by atoms with Gasteiger partial charge in [0.2, 0.25) is 10.0 Å². The second kappa shape index (κ2) is 11.6. The van der Waals surface area contributed by atoms with Gasteiger partial charge < -0.3 is 9.47 Å². The van der Waals surface area contributed by atoms with E-state index in [0.29, 0.717) is 18.1 Å². The molecule has 190 valence electrons. The fraction of sp³-hybridized carbons (Fsp3) is 0.143. The number of nitrogens with zero attached hydrogens (tertiary/aromatic N) is 2. The van der Waals surface area contributed by atoms with Crippen LogP contribution in [0.3, 0.4) is 0 Å². The monoisotopic (exact) mass is 517 g/mol. The summed E-state index contributed by atoms with van der Waals surface area (Å²) in [5.74, 6) is 0.449. The molecule has 8 nitrogen and oxygen atoms in total. The predicted molar refractivity (Wildman–Crippen MR) is 146 cm³/mol. The quantitative estimate of drug-likeness (QED) is 0.249. The summed E-state index contributed by atoms with van der Waals surface area (Å²) in [6.45, 7) is -0.00450. The molecule has 0 bridgehead atoms. The first-order chi connectivity index (χ1) is 17.8. The van der Waals surface area contributed by atoms with Gasteiger partial charge in [-0.2, -0.15) is 5.10 Å². The van der Waals surface area contributed by atoms with E-state index in [0.717, 1.165) is 21.7 Å². The summed E-state index contributed by atoms with van der Waals surface area (Å²) in [7, 11) is -2.30. The highest BCUT2D eigenvalue weighted by Crippen LogP contribution is 2.29. The summed E-state index contributed by atoms with van der Waals surface area (Å²) in [5, 5.41) is 6.30. The average Bonchev–Trinajstić information content (AvgIpc) is 2.90. The summed E-state index contributed by atoms with van der Waals surface area (Å²) in [6.07, 6.45) is 2.50. The topological polar surface area (TPSA) is 97.3 Å². The third-order valence-corrected chi connectivity index (χ3v) is 6.67. The fourth-order valence-electron chi connectivity index (χ4n) is 3.71. The number of rotatable bonds is 10. The summed E-state index contributed by atoms with van der Waals surface area (Å²) in [5.41, 5.74) is 4.45. The lowest BCUT2D eigenvalue weighted by molar-refractivity contribution is -0.119. The molecule has 37 heavy (non-hydrogen) atoms. The molecule has 0 aliphatic rings. The SMILES string of the molecule is COc1ccccc1N(CC(=O)N/N=C\c1ccc(OCc2ccc3ccccc3c2)cc1)S(C)(=O)=O. The number of carbonyl (C=O) groups excluding carboxylic acids is 1. The van der Waals surface area contributed by atoms with Crippen molar-refractivity contribution in [3.05, 3.63) is 102 Å². The van der Waals surface area contributed by atoms with E-state index in [1.807, 2.05) is 42.5 Å². The molecule has 1 amide bonds. The van der Waals surface area contributed by atoms with Crippen molar-refractivity contribution in [1.29, 1.82) is 0 Å². The zero-order valence-electron chi connectivity index (χ0n) is 20.5. The van der Waals surface area contributed by atoms with Gasteiger partial charge in [-0.3, -0.25) is 9.10 Å². The molecule has 0 fully saturated rings. The minimum Gasteiger partial charge on any atom is -0.495 e. The van der Waals surface area contributed by atoms with E-state index in [4.69, 9.17) is 9.47 Å². The molecule has 0 aliphatic heterocycles. The van der Waals surface area contributed by atoms with Gasteiger partial charge in [-0.15, -0.1) is 0 Å². The molecule has 0 aromatic heterocycles. The summed E-state index contributed by atoms with van der Waals surface area (Å²) >= 11 is 0. The van der Waals surface area contributed by atoms with Gasteiger partial charge in [-0.05, 0) is 64.4 Å². The van der Waals surface area contributed by atoms with Crippen molar-refractivity contribution >= 4 is 38.6 Å². The van der Waals surface area contributed by atoms with Crippen molar-refractivity contribution in [2.75, 3.05) is 24.2 Å². The first-order valence-electron chi connectivity index (χ1n) is 11.5. The smallest absolute Gasteiger partial charge is 0.260 e. The lowest BCUT2D eigenvalue weighted by Gasteiger charge is -2.23. The van der Waals surface area contributed by atoms with Gasteiger partial charge in [0, 0.05) is 0 Å². The zero-order valence-corrected chi connectivity index (χ0v) is 21.3. The van der Waals surface area contributed by atoms with Crippen LogP contribution in [0.25, 0.3) is 10.8 Å². The molecule has 0 heterocycles. The van der Waals surface area contributed by atoms with Crippen molar-refractivity contribution < 1.29 is 22.7 Å². The van der Waals surface area contributed by atoms with Gasteiger partial charge in [0.25, 0.3) is 5.91 Å². The molecule has 1 N–H and O–H groups in total. The lowest BCUT2D eigenvalue weighted by atomic mass is 10.1. The number of anilines is 1. The van der Waals surface area contributed by atoms with Crippen LogP contribution in [0.15, 0.2) is 96.1 Å². The number of para-hydroxylation sites is 2. The van der Waals surface area contributed by atoms with Crippen molar-refractivity contribution in [1.82, 2.24) is 5.43 Å². The Hall–Kier alpha value is -4.37. The molecule has 0 saturated heterocycles. The molecule has 0 atom stereocenters. The number of hydrogen-bond acceptors (Lipinski definition) is 6. The number of benzene rings is 4. The first-order valence-corrected chi connectivity index (χ1v) is 13.3. The maximum Gasteiger partial charge on any atom is 0.260 e. The Morgan fingerprint density at radius 2 is 1.65 bits per heavy atom. The van der Waals surface area contributed by atoms with Gasteiger partial charge in [-0.25, -0.2) is 13.8 Å². The molecular weight excluding hydrogens is 490 g/mol. The highest BCUT2D eigenvalue weighted by atomic mass is 32.2. The maximum atomic E-state index is 12.4. The van der Waals surface area contributed by atoms with Gasteiger partial charge >= 0.3 is 0 Å². The second-order valence-corrected chi connectivity index (χ2v) is 10.2. The third kappa shape index (κ3) is 6.86. The van der Waals surface area contributed by atoms with Crippen molar-refractivity contribution in [3.8, 4) is 11.5 Å². The molecule has 4 rings (SSSR count). The number of carbonyl (C=O) groups is 1. The van der Waals surface area contributed by atoms with Crippen molar-refractivity contribution in [3.63, 3.8) is 0 Å². The van der Waals surface area contributed by atoms with Crippen LogP contribution in [0.5, 0.6) is 11.5 Å². The van der Waals surface area contributed by atoms with E-state index in [-0.39, 0.29) is 5.69 Å². The normalized spacial score (nSPS) is 11.4. The van der Waals surface area contributed by atoms with E-state index in [1.165, 1.54) is 24.1 Å². The number of methoxy groups -OCH3 is 1. The van der Waals surface area contributed by atoms with E-state index >= 15 is 0 Å². The molecule has 0 unspecified atom stereocenters. The molecule has 4 aromatic rings. The number of ether oxygens (including phenoxy) is 2. The predicted octanol–water partition coefficient (Wildman–Crippen LogP) is 4.34. The minimum absolute atomic E-state index is 0.269. The van der Waals surface area contributed by atoms with Crippen LogP contribution in [0.4, 0.5) is 5.69 Å². The molecule has 0 aliphatic carbocycles. The van der Waals surface area contributed by atoms with E-state index in [9.17, 15) is 13.2 Å². The largest absolute Gasteiger partial charge is 0.495 e. The summed E-state index contributed by atoms with van der Waals surface area (Å²) < 4.78 is 36.7. The fourth-order valence-corrected chi connectivity index (χ4v) is 4.57. The molecule has 0 spiro atoms. The number of sulfonamides is 1. The average molecular weight is 518 g/mol. The third-order valence-electron chi connectivity index (χ3n) is 5.54. The number of nitrogens with one attached hydrogen (secondary N) is 1. The Kier molecular flexibility index (Phi) is 8.05. The number of fused-ring (bicyclic) bond motifs is 1. The van der Waals surface area contributed by atoms with Crippen LogP contribution >= 0.6 is 0 Å². The number of amides is 1. The molecule has 4 aromatic carbocycles. The summed E-state index contributed by atoms with van der Waals surface area (Å²) in [4.78, 5) is 12.4. The Bertz CT molecular complexity index is 1520. The summed E-state index contributed by atoms with van der Waals surface area (Å²) in [6, 6.07) is 28.2. The Labute approximate surface area is 216 Å². The van der Waals surface area contributed by atoms with E-state index in [1.54, 1.807) is 24.3 Å². The first kappa shape index (κ1) is 25.7. The van der Waals surface area contributed by atoms with Crippen molar-refractivity contribution in [2.24, 2.45) is 5.10 Å². The van der Waals surface area contributed by atoms with Crippen LogP contribution < -0.4 is 19.2 Å². The standard InChI is InChI=1S/C28H27N3O5S/c1-35-27-10-6-5-9-26(27)31(37(2,33)34)19-28(32)30-29-18-21-12-15-25(16-13-21)36-20-22-11-14-23-7-3-4-8-24(23)17-22/h3-18H,19-20H2,1-2H3,(H,30,32)/b29-18-. The second-order valence-electron chi connectivity index (χ2n) is 8.27. The van der Waals surface area contributed by atoms with Crippen molar-refractivity contribution in [2.45, 2.75) is 6.61 Å². The Balaban J connectivity index is 1.32. The van der Waals surface area contributed by atoms with Gasteiger partial charge in [0.15, 0.2) is 0 Å². The van der Waals surface area contributed by atoms with Gasteiger partial charge in [-0.1, -0.05) is 48.5 Å². The minimum atomic E-state index is -3.74. The number of hydrogen-bond donors (Lipinski definition) is 1.